The van der Waals surface area contributed by atoms with Gasteiger partial charge in [-0.25, -0.2) is 4.79 Å². The second-order valence-corrected chi connectivity index (χ2v) is 3.80. The summed E-state index contributed by atoms with van der Waals surface area (Å²) >= 11 is 5.84. The van der Waals surface area contributed by atoms with E-state index in [1.165, 1.54) is 6.07 Å². The van der Waals surface area contributed by atoms with E-state index >= 15 is 0 Å². The summed E-state index contributed by atoms with van der Waals surface area (Å²) < 4.78 is 5.31. The van der Waals surface area contributed by atoms with Crippen LogP contribution in [0.15, 0.2) is 6.07 Å². The van der Waals surface area contributed by atoms with Crippen LogP contribution < -0.4 is 10.1 Å². The van der Waals surface area contributed by atoms with Crippen LogP contribution in [0.25, 0.3) is 0 Å². The zero-order chi connectivity index (χ0) is 12.3. The first-order chi connectivity index (χ1) is 7.45. The fourth-order valence-corrected chi connectivity index (χ4v) is 1.36. The van der Waals surface area contributed by atoms with E-state index in [1.807, 2.05) is 0 Å². The van der Waals surface area contributed by atoms with Crippen molar-refractivity contribution in [1.82, 2.24) is 4.98 Å². The van der Waals surface area contributed by atoms with E-state index in [0.29, 0.717) is 5.82 Å². The molecule has 0 saturated heterocycles. The van der Waals surface area contributed by atoms with Gasteiger partial charge in [0.1, 0.15) is 11.4 Å². The number of pyridine rings is 1. The molecular formula is C10H13ClN2O3. The molecule has 0 amide bonds. The number of anilines is 1. The molecule has 0 atom stereocenters. The molecular weight excluding hydrogens is 232 g/mol. The van der Waals surface area contributed by atoms with Gasteiger partial charge in [0.25, 0.3) is 0 Å². The Morgan fingerprint density at radius 3 is 2.69 bits per heavy atom. The molecule has 16 heavy (non-hydrogen) atoms. The van der Waals surface area contributed by atoms with Crippen molar-refractivity contribution in [2.45, 2.75) is 20.0 Å². The number of aromatic carboxylic acids is 1. The highest BCUT2D eigenvalue weighted by atomic mass is 35.5. The van der Waals surface area contributed by atoms with Crippen molar-refractivity contribution < 1.29 is 14.6 Å². The Bertz CT molecular complexity index is 407. The Kier molecular flexibility index (Phi) is 3.95. The molecule has 0 fully saturated rings. The van der Waals surface area contributed by atoms with E-state index in [-0.39, 0.29) is 22.6 Å². The molecule has 0 aliphatic carbocycles. The monoisotopic (exact) mass is 244 g/mol. The average Bonchev–Trinajstić information content (AvgIpc) is 2.19. The normalized spacial score (nSPS) is 10.3. The number of nitrogens with one attached hydrogen (secondary N) is 1. The van der Waals surface area contributed by atoms with Gasteiger partial charge in [-0.3, -0.25) is 0 Å². The van der Waals surface area contributed by atoms with Gasteiger partial charge in [-0.15, -0.1) is 0 Å². The summed E-state index contributed by atoms with van der Waals surface area (Å²) in [7, 11) is 1.65. The van der Waals surface area contributed by atoms with Gasteiger partial charge in [0.05, 0.1) is 11.1 Å². The van der Waals surface area contributed by atoms with Crippen LogP contribution in [0.3, 0.4) is 0 Å². The minimum atomic E-state index is -1.12. The van der Waals surface area contributed by atoms with Gasteiger partial charge in [0, 0.05) is 7.05 Å². The Balaban J connectivity index is 3.25. The number of carboxylic acid groups (broad SMARTS) is 1. The number of carboxylic acids is 1. The highest BCUT2D eigenvalue weighted by Gasteiger charge is 2.17. The second kappa shape index (κ2) is 5.03. The third kappa shape index (κ3) is 2.76. The van der Waals surface area contributed by atoms with Crippen LogP contribution in [0.2, 0.25) is 5.02 Å². The van der Waals surface area contributed by atoms with Crippen molar-refractivity contribution in [2.75, 3.05) is 12.4 Å². The van der Waals surface area contributed by atoms with E-state index in [0.717, 1.165) is 0 Å². The predicted molar refractivity (Wildman–Crippen MR) is 61.5 cm³/mol. The molecule has 1 aromatic heterocycles. The van der Waals surface area contributed by atoms with Gasteiger partial charge in [0.2, 0.25) is 5.88 Å². The first-order valence-corrected chi connectivity index (χ1v) is 5.11. The molecule has 6 heteroatoms. The van der Waals surface area contributed by atoms with Gasteiger partial charge in [0.15, 0.2) is 0 Å². The maximum Gasteiger partial charge on any atom is 0.341 e. The van der Waals surface area contributed by atoms with Crippen LogP contribution in [-0.2, 0) is 0 Å². The van der Waals surface area contributed by atoms with Crippen LogP contribution in [0.5, 0.6) is 5.88 Å². The Hall–Kier alpha value is -1.49. The molecule has 0 aromatic carbocycles. The van der Waals surface area contributed by atoms with Crippen LogP contribution in [0, 0.1) is 0 Å². The minimum Gasteiger partial charge on any atom is -0.477 e. The fourth-order valence-electron chi connectivity index (χ4n) is 1.11. The predicted octanol–water partition coefficient (Wildman–Crippen LogP) is 2.26. The lowest BCUT2D eigenvalue weighted by molar-refractivity contribution is 0.0689. The van der Waals surface area contributed by atoms with Gasteiger partial charge in [-0.1, -0.05) is 11.6 Å². The first-order valence-electron chi connectivity index (χ1n) is 4.74. The number of halogens is 1. The highest BCUT2D eigenvalue weighted by Crippen LogP contribution is 2.27. The first kappa shape index (κ1) is 12.6. The third-order valence-electron chi connectivity index (χ3n) is 1.76. The number of aromatic nitrogens is 1. The standard InChI is InChI=1S/C10H13ClN2O3/c1-5(2)16-9-6(10(14)15)4-7(11)8(12-3)13-9/h4-5H,1-3H3,(H,12,13)(H,14,15). The van der Waals surface area contributed by atoms with Crippen molar-refractivity contribution in [2.24, 2.45) is 0 Å². The molecule has 0 bridgehead atoms. The molecule has 0 aliphatic rings. The number of hydrogen-bond donors (Lipinski definition) is 2. The SMILES string of the molecule is CNc1nc(OC(C)C)c(C(=O)O)cc1Cl. The zero-order valence-corrected chi connectivity index (χ0v) is 10.00. The van der Waals surface area contributed by atoms with Crippen LogP contribution in [-0.4, -0.2) is 29.2 Å². The van der Waals surface area contributed by atoms with E-state index in [1.54, 1.807) is 20.9 Å². The summed E-state index contributed by atoms with van der Waals surface area (Å²) in [6.45, 7) is 3.59. The molecule has 1 aromatic rings. The van der Waals surface area contributed by atoms with Crippen molar-refractivity contribution in [3.05, 3.63) is 16.7 Å². The molecule has 0 radical (unpaired) electrons. The van der Waals surface area contributed by atoms with E-state index < -0.39 is 5.97 Å². The zero-order valence-electron chi connectivity index (χ0n) is 9.24. The Morgan fingerprint density at radius 2 is 2.25 bits per heavy atom. The third-order valence-corrected chi connectivity index (χ3v) is 2.04. The van der Waals surface area contributed by atoms with Crippen molar-refractivity contribution in [1.29, 1.82) is 0 Å². The molecule has 0 saturated carbocycles. The van der Waals surface area contributed by atoms with Crippen molar-refractivity contribution in [3.8, 4) is 5.88 Å². The summed E-state index contributed by atoms with van der Waals surface area (Å²) in [5.41, 5.74) is -0.0438. The molecule has 88 valence electrons. The van der Waals surface area contributed by atoms with E-state index in [2.05, 4.69) is 10.3 Å². The number of rotatable bonds is 4. The topological polar surface area (TPSA) is 71.5 Å². The molecule has 1 rings (SSSR count). The molecule has 0 spiro atoms. The lowest BCUT2D eigenvalue weighted by atomic mass is 10.2. The number of ether oxygens (including phenoxy) is 1. The Labute approximate surface area is 98.4 Å². The molecule has 0 unspecified atom stereocenters. The molecule has 2 N–H and O–H groups in total. The summed E-state index contributed by atoms with van der Waals surface area (Å²) in [5, 5.41) is 12.0. The largest absolute Gasteiger partial charge is 0.477 e. The van der Waals surface area contributed by atoms with Crippen molar-refractivity contribution >= 4 is 23.4 Å². The molecule has 5 nitrogen and oxygen atoms in total. The van der Waals surface area contributed by atoms with E-state index in [4.69, 9.17) is 21.4 Å². The van der Waals surface area contributed by atoms with Gasteiger partial charge in [-0.2, -0.15) is 4.98 Å². The van der Waals surface area contributed by atoms with Crippen molar-refractivity contribution in [3.63, 3.8) is 0 Å². The quantitative estimate of drug-likeness (QED) is 0.850. The summed E-state index contributed by atoms with van der Waals surface area (Å²) in [4.78, 5) is 15.0. The summed E-state index contributed by atoms with van der Waals surface area (Å²) in [6, 6.07) is 1.32. The maximum absolute atomic E-state index is 11.0. The fraction of sp³-hybridized carbons (Fsp3) is 0.400. The summed E-state index contributed by atoms with van der Waals surface area (Å²) in [5.74, 6) is -0.661. The van der Waals surface area contributed by atoms with E-state index in [9.17, 15) is 4.79 Å². The Morgan fingerprint density at radius 1 is 1.62 bits per heavy atom. The second-order valence-electron chi connectivity index (χ2n) is 3.39. The van der Waals surface area contributed by atoms with Gasteiger partial charge in [-0.05, 0) is 19.9 Å². The number of nitrogens with zero attached hydrogens (tertiary/aromatic N) is 1. The van der Waals surface area contributed by atoms with Gasteiger partial charge < -0.3 is 15.2 Å². The highest BCUT2D eigenvalue weighted by molar-refractivity contribution is 6.33. The number of hydrogen-bond acceptors (Lipinski definition) is 4. The van der Waals surface area contributed by atoms with Crippen LogP contribution in [0.4, 0.5) is 5.82 Å². The molecule has 0 aliphatic heterocycles. The van der Waals surface area contributed by atoms with Crippen LogP contribution >= 0.6 is 11.6 Å². The smallest absolute Gasteiger partial charge is 0.341 e. The average molecular weight is 245 g/mol. The van der Waals surface area contributed by atoms with Crippen LogP contribution in [0.1, 0.15) is 24.2 Å². The maximum atomic E-state index is 11.0. The lowest BCUT2D eigenvalue weighted by Crippen LogP contribution is -2.12. The summed E-state index contributed by atoms with van der Waals surface area (Å²) in [6.07, 6.45) is -0.156. The number of carbonyl (C=O) groups is 1. The minimum absolute atomic E-state index is 0.0438. The molecule has 1 heterocycles. The van der Waals surface area contributed by atoms with Gasteiger partial charge >= 0.3 is 5.97 Å². The lowest BCUT2D eigenvalue weighted by Gasteiger charge is -2.13.